The van der Waals surface area contributed by atoms with Gasteiger partial charge >= 0.3 is 0 Å². The zero-order chi connectivity index (χ0) is 11.5. The Kier molecular flexibility index (Phi) is 3.00. The number of amides is 1. The van der Waals surface area contributed by atoms with Crippen molar-refractivity contribution in [2.45, 2.75) is 13.3 Å². The van der Waals surface area contributed by atoms with Crippen molar-refractivity contribution >= 4 is 22.9 Å². The molecule has 2 aromatic heterocycles. The van der Waals surface area contributed by atoms with E-state index < -0.39 is 0 Å². The summed E-state index contributed by atoms with van der Waals surface area (Å²) >= 11 is 1.40. The number of aryl methyl sites for hydroxylation is 2. The molecule has 0 aromatic carbocycles. The third-order valence-electron chi connectivity index (χ3n) is 2.15. The lowest BCUT2D eigenvalue weighted by Crippen LogP contribution is -2.12. The van der Waals surface area contributed by atoms with Gasteiger partial charge in [0.15, 0.2) is 0 Å². The highest BCUT2D eigenvalue weighted by Gasteiger charge is 2.12. The largest absolute Gasteiger partial charge is 0.318 e. The minimum Gasteiger partial charge on any atom is -0.318 e. The maximum Gasteiger partial charge on any atom is 0.275 e. The van der Waals surface area contributed by atoms with Gasteiger partial charge in [0.2, 0.25) is 0 Å². The van der Waals surface area contributed by atoms with E-state index in [1.807, 2.05) is 14.0 Å². The zero-order valence-corrected chi connectivity index (χ0v) is 9.91. The van der Waals surface area contributed by atoms with E-state index >= 15 is 0 Å². The van der Waals surface area contributed by atoms with Crippen LogP contribution in [0.15, 0.2) is 17.1 Å². The number of rotatable bonds is 3. The molecule has 0 spiro atoms. The number of anilines is 1. The van der Waals surface area contributed by atoms with Crippen molar-refractivity contribution in [3.63, 3.8) is 0 Å². The van der Waals surface area contributed by atoms with Gasteiger partial charge in [-0.2, -0.15) is 5.10 Å². The lowest BCUT2D eigenvalue weighted by molar-refractivity contribution is 0.102. The number of nitrogens with zero attached hydrogens (tertiary/aromatic N) is 3. The Morgan fingerprint density at radius 1 is 1.62 bits per heavy atom. The molecule has 0 saturated heterocycles. The molecule has 16 heavy (non-hydrogen) atoms. The Labute approximate surface area is 97.1 Å². The van der Waals surface area contributed by atoms with Crippen LogP contribution in [0.25, 0.3) is 0 Å². The second kappa shape index (κ2) is 4.44. The Bertz CT molecular complexity index is 489. The van der Waals surface area contributed by atoms with Crippen LogP contribution >= 0.6 is 11.3 Å². The molecule has 0 fully saturated rings. The van der Waals surface area contributed by atoms with E-state index in [2.05, 4.69) is 15.4 Å². The Hall–Kier alpha value is -1.69. The van der Waals surface area contributed by atoms with Crippen LogP contribution in [0.2, 0.25) is 0 Å². The summed E-state index contributed by atoms with van der Waals surface area (Å²) in [5, 5.41) is 8.77. The molecule has 0 bridgehead atoms. The molecule has 6 heteroatoms. The number of carbonyl (C=O) groups is 1. The van der Waals surface area contributed by atoms with E-state index in [0.29, 0.717) is 5.69 Å². The summed E-state index contributed by atoms with van der Waals surface area (Å²) in [5.41, 5.74) is 3.71. The first-order valence-electron chi connectivity index (χ1n) is 4.92. The molecule has 1 N–H and O–H groups in total. The molecule has 0 aliphatic carbocycles. The fraction of sp³-hybridized carbons (Fsp3) is 0.300. The van der Waals surface area contributed by atoms with Crippen molar-refractivity contribution in [1.82, 2.24) is 14.8 Å². The van der Waals surface area contributed by atoms with E-state index in [4.69, 9.17) is 0 Å². The summed E-state index contributed by atoms with van der Waals surface area (Å²) < 4.78 is 1.69. The molecule has 2 aromatic rings. The fourth-order valence-corrected chi connectivity index (χ4v) is 1.94. The quantitative estimate of drug-likeness (QED) is 0.882. The average molecular weight is 236 g/mol. The van der Waals surface area contributed by atoms with Gasteiger partial charge in [-0.25, -0.2) is 4.98 Å². The third-order valence-corrected chi connectivity index (χ3v) is 2.74. The lowest BCUT2D eigenvalue weighted by Gasteiger charge is -2.01. The van der Waals surface area contributed by atoms with Crippen LogP contribution in [-0.4, -0.2) is 20.7 Å². The predicted molar refractivity (Wildman–Crippen MR) is 62.7 cm³/mol. The minimum absolute atomic E-state index is 0.191. The van der Waals surface area contributed by atoms with Crippen molar-refractivity contribution < 1.29 is 4.79 Å². The van der Waals surface area contributed by atoms with Gasteiger partial charge in [-0.05, 0) is 6.42 Å². The van der Waals surface area contributed by atoms with Gasteiger partial charge in [0.1, 0.15) is 5.69 Å². The van der Waals surface area contributed by atoms with Gasteiger partial charge in [-0.1, -0.05) is 6.92 Å². The summed E-state index contributed by atoms with van der Waals surface area (Å²) in [4.78, 5) is 15.7. The molecule has 0 unspecified atom stereocenters. The minimum atomic E-state index is -0.191. The molecular formula is C10H12N4OS. The van der Waals surface area contributed by atoms with Crippen LogP contribution in [-0.2, 0) is 13.5 Å². The maximum absolute atomic E-state index is 11.7. The lowest BCUT2D eigenvalue weighted by atomic mass is 10.3. The van der Waals surface area contributed by atoms with Crippen molar-refractivity contribution in [3.8, 4) is 0 Å². The normalized spacial score (nSPS) is 10.4. The van der Waals surface area contributed by atoms with E-state index in [1.54, 1.807) is 21.8 Å². The summed E-state index contributed by atoms with van der Waals surface area (Å²) in [5.74, 6) is -0.191. The summed E-state index contributed by atoms with van der Waals surface area (Å²) in [7, 11) is 1.83. The van der Waals surface area contributed by atoms with Crippen molar-refractivity contribution in [3.05, 3.63) is 28.5 Å². The maximum atomic E-state index is 11.7. The molecule has 0 aliphatic rings. The van der Waals surface area contributed by atoms with Crippen molar-refractivity contribution in [1.29, 1.82) is 0 Å². The van der Waals surface area contributed by atoms with Crippen molar-refractivity contribution in [2.75, 3.05) is 5.32 Å². The van der Waals surface area contributed by atoms with Crippen LogP contribution in [0.4, 0.5) is 5.69 Å². The molecule has 2 rings (SSSR count). The topological polar surface area (TPSA) is 59.8 Å². The van der Waals surface area contributed by atoms with Gasteiger partial charge < -0.3 is 5.32 Å². The Morgan fingerprint density at radius 2 is 2.44 bits per heavy atom. The van der Waals surface area contributed by atoms with Gasteiger partial charge in [0.05, 0.1) is 16.9 Å². The summed E-state index contributed by atoms with van der Waals surface area (Å²) in [6.45, 7) is 2.00. The number of nitrogens with one attached hydrogen (secondary N) is 1. The van der Waals surface area contributed by atoms with Crippen LogP contribution in [0.5, 0.6) is 0 Å². The second-order valence-corrected chi connectivity index (χ2v) is 4.06. The average Bonchev–Trinajstić information content (AvgIpc) is 2.87. The second-order valence-electron chi connectivity index (χ2n) is 3.34. The highest BCUT2D eigenvalue weighted by Crippen LogP contribution is 2.15. The van der Waals surface area contributed by atoms with Crippen LogP contribution in [0.1, 0.15) is 23.1 Å². The van der Waals surface area contributed by atoms with Crippen LogP contribution in [0, 0.1) is 0 Å². The van der Waals surface area contributed by atoms with E-state index in [-0.39, 0.29) is 5.91 Å². The summed E-state index contributed by atoms with van der Waals surface area (Å²) in [6.07, 6.45) is 2.58. The first kappa shape index (κ1) is 10.8. The van der Waals surface area contributed by atoms with Crippen LogP contribution < -0.4 is 5.32 Å². The molecule has 1 amide bonds. The third kappa shape index (κ3) is 2.11. The highest BCUT2D eigenvalue weighted by molar-refractivity contribution is 7.07. The molecule has 5 nitrogen and oxygen atoms in total. The van der Waals surface area contributed by atoms with Gasteiger partial charge in [0.25, 0.3) is 5.91 Å². The molecular weight excluding hydrogens is 224 g/mol. The van der Waals surface area contributed by atoms with E-state index in [0.717, 1.165) is 17.8 Å². The Morgan fingerprint density at radius 3 is 3.06 bits per heavy atom. The molecule has 0 saturated carbocycles. The van der Waals surface area contributed by atoms with Gasteiger partial charge in [0, 0.05) is 18.6 Å². The zero-order valence-electron chi connectivity index (χ0n) is 9.10. The standard InChI is InChI=1S/C10H12N4OS/c1-3-7-8(4-14(2)13-7)12-10(15)9-5-16-6-11-9/h4-6H,3H2,1-2H3,(H,12,15). The highest BCUT2D eigenvalue weighted by atomic mass is 32.1. The summed E-state index contributed by atoms with van der Waals surface area (Å²) in [6, 6.07) is 0. The SMILES string of the molecule is CCc1nn(C)cc1NC(=O)c1cscn1. The molecule has 0 atom stereocenters. The smallest absolute Gasteiger partial charge is 0.275 e. The van der Waals surface area contributed by atoms with Crippen molar-refractivity contribution in [2.24, 2.45) is 7.05 Å². The number of hydrogen-bond donors (Lipinski definition) is 1. The number of carbonyl (C=O) groups excluding carboxylic acids is 1. The number of aromatic nitrogens is 3. The molecule has 0 radical (unpaired) electrons. The molecule has 84 valence electrons. The number of thiazole rings is 1. The first-order valence-corrected chi connectivity index (χ1v) is 5.87. The van der Waals surface area contributed by atoms with E-state index in [1.165, 1.54) is 11.3 Å². The van der Waals surface area contributed by atoms with Crippen LogP contribution in [0.3, 0.4) is 0 Å². The monoisotopic (exact) mass is 236 g/mol. The Balaban J connectivity index is 2.17. The number of hydrogen-bond acceptors (Lipinski definition) is 4. The first-order chi connectivity index (χ1) is 7.70. The van der Waals surface area contributed by atoms with Gasteiger partial charge in [-0.3, -0.25) is 9.48 Å². The predicted octanol–water partition coefficient (Wildman–Crippen LogP) is 1.69. The fourth-order valence-electron chi connectivity index (χ4n) is 1.41. The van der Waals surface area contributed by atoms with E-state index in [9.17, 15) is 4.79 Å². The molecule has 2 heterocycles. The molecule has 0 aliphatic heterocycles. The van der Waals surface area contributed by atoms with Gasteiger partial charge in [-0.15, -0.1) is 11.3 Å².